The van der Waals surface area contributed by atoms with Crippen LogP contribution in [0.4, 0.5) is 5.69 Å². The molecule has 2 aromatic carbocycles. The number of rotatable bonds is 8. The third kappa shape index (κ3) is 4.34. The summed E-state index contributed by atoms with van der Waals surface area (Å²) in [6, 6.07) is 11.3. The summed E-state index contributed by atoms with van der Waals surface area (Å²) < 4.78 is 10.7. The zero-order valence-corrected chi connectivity index (χ0v) is 22.4. The number of halogens is 1. The average Bonchev–Trinajstić information content (AvgIpc) is 3.07. The number of hydrogen-bond donors (Lipinski definition) is 0. The molecular weight excluding hydrogens is 480 g/mol. The van der Waals surface area contributed by atoms with Crippen LogP contribution in [-0.2, 0) is 20.8 Å². The van der Waals surface area contributed by atoms with E-state index in [1.165, 1.54) is 4.90 Å². The first-order valence-electron chi connectivity index (χ1n) is 12.1. The SMILES string of the molecule is COc1ccc(CCN(C(=O)C2C(C)(C)C2(C)C)C2CC(=O)N(c3ccc(Cl)cc3)C2=O)cc1OC. The minimum atomic E-state index is -0.854. The summed E-state index contributed by atoms with van der Waals surface area (Å²) in [4.78, 5) is 43.2. The minimum absolute atomic E-state index is 0.0489. The van der Waals surface area contributed by atoms with Gasteiger partial charge < -0.3 is 14.4 Å². The van der Waals surface area contributed by atoms with Crippen molar-refractivity contribution in [3.8, 4) is 11.5 Å². The van der Waals surface area contributed by atoms with Gasteiger partial charge in [0, 0.05) is 17.5 Å². The summed E-state index contributed by atoms with van der Waals surface area (Å²) in [5.41, 5.74) is 0.989. The van der Waals surface area contributed by atoms with Crippen LogP contribution in [0.2, 0.25) is 5.02 Å². The van der Waals surface area contributed by atoms with E-state index in [2.05, 4.69) is 27.7 Å². The maximum Gasteiger partial charge on any atom is 0.257 e. The van der Waals surface area contributed by atoms with Gasteiger partial charge in [0.2, 0.25) is 11.8 Å². The Bertz CT molecular complexity index is 1180. The fourth-order valence-electron chi connectivity index (χ4n) is 5.41. The van der Waals surface area contributed by atoms with Crippen LogP contribution in [0.15, 0.2) is 42.5 Å². The molecule has 4 rings (SSSR count). The number of hydrogen-bond acceptors (Lipinski definition) is 5. The second-order valence-corrected chi connectivity index (χ2v) is 11.0. The number of imide groups is 1. The van der Waals surface area contributed by atoms with Crippen LogP contribution >= 0.6 is 11.6 Å². The molecular formula is C28H33ClN2O5. The third-order valence-corrected chi connectivity index (χ3v) is 8.48. The second-order valence-electron chi connectivity index (χ2n) is 10.6. The lowest BCUT2D eigenvalue weighted by Crippen LogP contribution is -2.47. The Hall–Kier alpha value is -3.06. The molecule has 2 fully saturated rings. The smallest absolute Gasteiger partial charge is 0.257 e. The first kappa shape index (κ1) is 26.0. The van der Waals surface area contributed by atoms with Crippen LogP contribution in [0.25, 0.3) is 0 Å². The molecule has 3 amide bonds. The van der Waals surface area contributed by atoms with E-state index in [1.54, 1.807) is 43.4 Å². The predicted octanol–water partition coefficient (Wildman–Crippen LogP) is 4.74. The van der Waals surface area contributed by atoms with Crippen LogP contribution in [0.5, 0.6) is 11.5 Å². The molecule has 1 aliphatic heterocycles. The number of carbonyl (C=O) groups is 3. The maximum absolute atomic E-state index is 13.9. The Morgan fingerprint density at radius 1 is 1.00 bits per heavy atom. The fourth-order valence-corrected chi connectivity index (χ4v) is 5.53. The highest BCUT2D eigenvalue weighted by molar-refractivity contribution is 6.30. The topological polar surface area (TPSA) is 76.2 Å². The van der Waals surface area contributed by atoms with Crippen LogP contribution in [0.1, 0.15) is 39.7 Å². The van der Waals surface area contributed by atoms with Crippen molar-refractivity contribution in [3.63, 3.8) is 0 Å². The Kier molecular flexibility index (Phi) is 6.82. The summed E-state index contributed by atoms with van der Waals surface area (Å²) in [5.74, 6) is 0.173. The van der Waals surface area contributed by atoms with Crippen LogP contribution < -0.4 is 14.4 Å². The number of methoxy groups -OCH3 is 2. The standard InChI is InChI=1S/C28H33ClN2O5/c1-27(2)24(28(27,3)4)26(34)30(14-13-17-7-12-21(35-5)22(15-17)36-6)20-16-23(32)31(25(20)33)19-10-8-18(29)9-11-19/h7-12,15,20,24H,13-14,16H2,1-6H3. The molecule has 1 atom stereocenters. The maximum atomic E-state index is 13.9. The van der Waals surface area contributed by atoms with Gasteiger partial charge in [-0.1, -0.05) is 45.4 Å². The quantitative estimate of drug-likeness (QED) is 0.477. The van der Waals surface area contributed by atoms with E-state index < -0.39 is 6.04 Å². The van der Waals surface area contributed by atoms with E-state index in [1.807, 2.05) is 18.2 Å². The van der Waals surface area contributed by atoms with E-state index in [-0.39, 0.29) is 40.9 Å². The molecule has 1 heterocycles. The van der Waals surface area contributed by atoms with Gasteiger partial charge in [0.25, 0.3) is 5.91 Å². The van der Waals surface area contributed by atoms with Gasteiger partial charge in [-0.25, -0.2) is 4.90 Å². The molecule has 2 aromatic rings. The first-order chi connectivity index (χ1) is 16.9. The number of nitrogens with zero attached hydrogens (tertiary/aromatic N) is 2. The second kappa shape index (κ2) is 9.43. The molecule has 0 N–H and O–H groups in total. The molecule has 0 aromatic heterocycles. The largest absolute Gasteiger partial charge is 0.493 e. The van der Waals surface area contributed by atoms with Crippen molar-refractivity contribution < 1.29 is 23.9 Å². The van der Waals surface area contributed by atoms with E-state index in [0.29, 0.717) is 35.2 Å². The molecule has 1 saturated heterocycles. The summed E-state index contributed by atoms with van der Waals surface area (Å²) >= 11 is 5.99. The Morgan fingerprint density at radius 3 is 2.17 bits per heavy atom. The summed E-state index contributed by atoms with van der Waals surface area (Å²) in [7, 11) is 3.15. The third-order valence-electron chi connectivity index (χ3n) is 8.22. The molecule has 1 unspecified atom stereocenters. The zero-order valence-electron chi connectivity index (χ0n) is 21.6. The van der Waals surface area contributed by atoms with Crippen molar-refractivity contribution in [2.45, 2.75) is 46.6 Å². The predicted molar refractivity (Wildman–Crippen MR) is 138 cm³/mol. The van der Waals surface area contributed by atoms with Gasteiger partial charge in [-0.15, -0.1) is 0 Å². The molecule has 0 radical (unpaired) electrons. The number of benzene rings is 2. The molecule has 0 spiro atoms. The van der Waals surface area contributed by atoms with Crippen molar-refractivity contribution >= 4 is 35.0 Å². The number of amides is 3. The minimum Gasteiger partial charge on any atom is -0.493 e. The van der Waals surface area contributed by atoms with Crippen molar-refractivity contribution in [1.82, 2.24) is 4.90 Å². The molecule has 192 valence electrons. The van der Waals surface area contributed by atoms with Gasteiger partial charge in [0.15, 0.2) is 11.5 Å². The molecule has 7 nitrogen and oxygen atoms in total. The van der Waals surface area contributed by atoms with Gasteiger partial charge in [-0.3, -0.25) is 14.4 Å². The molecule has 0 bridgehead atoms. The highest BCUT2D eigenvalue weighted by Crippen LogP contribution is 2.69. The van der Waals surface area contributed by atoms with E-state index in [4.69, 9.17) is 21.1 Å². The highest BCUT2D eigenvalue weighted by Gasteiger charge is 2.69. The lowest BCUT2D eigenvalue weighted by Gasteiger charge is -2.29. The van der Waals surface area contributed by atoms with Gasteiger partial charge in [0.1, 0.15) is 6.04 Å². The van der Waals surface area contributed by atoms with E-state index >= 15 is 0 Å². The Balaban J connectivity index is 1.62. The molecule has 2 aliphatic rings. The molecule has 36 heavy (non-hydrogen) atoms. The van der Waals surface area contributed by atoms with Crippen LogP contribution in [-0.4, -0.2) is 49.4 Å². The van der Waals surface area contributed by atoms with E-state index in [0.717, 1.165) is 5.56 Å². The number of anilines is 1. The lowest BCUT2D eigenvalue weighted by molar-refractivity contribution is -0.140. The summed E-state index contributed by atoms with van der Waals surface area (Å²) in [5, 5.41) is 0.513. The molecule has 1 saturated carbocycles. The van der Waals surface area contributed by atoms with Gasteiger partial charge in [0.05, 0.1) is 26.3 Å². The first-order valence-corrected chi connectivity index (χ1v) is 12.5. The van der Waals surface area contributed by atoms with Gasteiger partial charge >= 0.3 is 0 Å². The molecule has 8 heteroatoms. The van der Waals surface area contributed by atoms with Crippen molar-refractivity contribution in [2.75, 3.05) is 25.7 Å². The Labute approximate surface area is 217 Å². The zero-order chi connectivity index (χ0) is 26.4. The van der Waals surface area contributed by atoms with Crippen molar-refractivity contribution in [3.05, 3.63) is 53.1 Å². The number of ether oxygens (including phenoxy) is 2. The van der Waals surface area contributed by atoms with E-state index in [9.17, 15) is 14.4 Å². The summed E-state index contributed by atoms with van der Waals surface area (Å²) in [6.45, 7) is 8.59. The van der Waals surface area contributed by atoms with Crippen molar-refractivity contribution in [2.24, 2.45) is 16.7 Å². The lowest BCUT2D eigenvalue weighted by atomic mass is 10.0. The van der Waals surface area contributed by atoms with Crippen LogP contribution in [0, 0.1) is 16.7 Å². The Morgan fingerprint density at radius 2 is 1.61 bits per heavy atom. The average molecular weight is 513 g/mol. The number of carbonyl (C=O) groups excluding carboxylic acids is 3. The van der Waals surface area contributed by atoms with Crippen molar-refractivity contribution in [1.29, 1.82) is 0 Å². The summed E-state index contributed by atoms with van der Waals surface area (Å²) in [6.07, 6.45) is 0.450. The normalized spacial score (nSPS) is 20.4. The van der Waals surface area contributed by atoms with Gasteiger partial charge in [-0.2, -0.15) is 0 Å². The van der Waals surface area contributed by atoms with Gasteiger partial charge in [-0.05, 0) is 59.2 Å². The molecule has 1 aliphatic carbocycles. The van der Waals surface area contributed by atoms with Crippen LogP contribution in [0.3, 0.4) is 0 Å². The monoisotopic (exact) mass is 512 g/mol. The highest BCUT2D eigenvalue weighted by atomic mass is 35.5. The fraction of sp³-hybridized carbons (Fsp3) is 0.464.